The molecular weight excluding hydrogens is 272 g/mol. The first-order valence-electron chi connectivity index (χ1n) is 7.37. The normalized spacial score (nSPS) is 26.3. The lowest BCUT2D eigenvalue weighted by Crippen LogP contribution is -2.42. The Labute approximate surface area is 122 Å². The lowest BCUT2D eigenvalue weighted by atomic mass is 9.71. The molecule has 3 N–H and O–H groups in total. The molecule has 0 spiro atoms. The average molecular weight is 291 g/mol. The van der Waals surface area contributed by atoms with Gasteiger partial charge in [-0.05, 0) is 30.9 Å². The highest BCUT2D eigenvalue weighted by molar-refractivity contribution is 5.80. The van der Waals surface area contributed by atoms with Gasteiger partial charge < -0.3 is 11.1 Å². The molecule has 0 amide bonds. The summed E-state index contributed by atoms with van der Waals surface area (Å²) in [5.41, 5.74) is 5.40. The molecule has 2 aliphatic rings. The molecular formula is C16H19F2N3. The van der Waals surface area contributed by atoms with E-state index in [0.717, 1.165) is 31.7 Å². The van der Waals surface area contributed by atoms with Gasteiger partial charge in [0.15, 0.2) is 5.96 Å². The van der Waals surface area contributed by atoms with Crippen LogP contribution < -0.4 is 11.1 Å². The minimum absolute atomic E-state index is 0.183. The molecule has 1 saturated carbocycles. The molecule has 0 aromatic heterocycles. The Kier molecular flexibility index (Phi) is 3.66. The summed E-state index contributed by atoms with van der Waals surface area (Å²) in [7, 11) is 0. The fraction of sp³-hybridized carbons (Fsp3) is 0.438. The van der Waals surface area contributed by atoms with E-state index < -0.39 is 17.2 Å². The Balaban J connectivity index is 2.11. The second-order valence-electron chi connectivity index (χ2n) is 5.76. The second-order valence-corrected chi connectivity index (χ2v) is 5.76. The molecule has 1 aromatic carbocycles. The number of hydrogen-bond donors (Lipinski definition) is 2. The van der Waals surface area contributed by atoms with Crippen molar-refractivity contribution in [1.29, 1.82) is 0 Å². The highest BCUT2D eigenvalue weighted by atomic mass is 19.1. The van der Waals surface area contributed by atoms with Crippen LogP contribution in [-0.2, 0) is 5.54 Å². The van der Waals surface area contributed by atoms with Crippen LogP contribution in [0.4, 0.5) is 8.78 Å². The van der Waals surface area contributed by atoms with E-state index >= 15 is 0 Å². The van der Waals surface area contributed by atoms with Gasteiger partial charge in [-0.25, -0.2) is 13.8 Å². The number of nitrogens with one attached hydrogen (secondary N) is 1. The summed E-state index contributed by atoms with van der Waals surface area (Å²) in [4.78, 5) is 4.53. The highest BCUT2D eigenvalue weighted by Crippen LogP contribution is 2.45. The van der Waals surface area contributed by atoms with E-state index in [2.05, 4.69) is 10.3 Å². The molecule has 1 heterocycles. The van der Waals surface area contributed by atoms with Crippen LogP contribution in [0.25, 0.3) is 0 Å². The maximum Gasteiger partial charge on any atom is 0.193 e. The van der Waals surface area contributed by atoms with Crippen molar-refractivity contribution in [3.8, 4) is 0 Å². The number of rotatable bonds is 2. The van der Waals surface area contributed by atoms with Crippen LogP contribution in [0.15, 0.2) is 35.5 Å². The van der Waals surface area contributed by atoms with E-state index in [-0.39, 0.29) is 11.9 Å². The summed E-state index contributed by atoms with van der Waals surface area (Å²) in [6, 6.07) is 3.69. The average Bonchev–Trinajstić information content (AvgIpc) is 2.48. The van der Waals surface area contributed by atoms with Gasteiger partial charge in [-0.2, -0.15) is 0 Å². The molecule has 21 heavy (non-hydrogen) atoms. The van der Waals surface area contributed by atoms with Crippen LogP contribution in [0, 0.1) is 17.6 Å². The van der Waals surface area contributed by atoms with E-state index in [4.69, 9.17) is 5.73 Å². The molecule has 112 valence electrons. The lowest BCUT2D eigenvalue weighted by molar-refractivity contribution is 0.244. The van der Waals surface area contributed by atoms with Gasteiger partial charge in [0.1, 0.15) is 17.2 Å². The first-order chi connectivity index (χ1) is 10.1. The van der Waals surface area contributed by atoms with Gasteiger partial charge in [-0.1, -0.05) is 25.3 Å². The Hall–Kier alpha value is -1.91. The monoisotopic (exact) mass is 291 g/mol. The summed E-state index contributed by atoms with van der Waals surface area (Å²) in [5, 5.41) is 2.83. The highest BCUT2D eigenvalue weighted by Gasteiger charge is 2.42. The zero-order valence-electron chi connectivity index (χ0n) is 11.8. The molecule has 1 aliphatic heterocycles. The van der Waals surface area contributed by atoms with Gasteiger partial charge in [0.25, 0.3) is 0 Å². The van der Waals surface area contributed by atoms with Gasteiger partial charge >= 0.3 is 0 Å². The molecule has 0 bridgehead atoms. The summed E-state index contributed by atoms with van der Waals surface area (Å²) in [6.45, 7) is 0. The predicted octanol–water partition coefficient (Wildman–Crippen LogP) is 3.17. The molecule has 5 heteroatoms. The quantitative estimate of drug-likeness (QED) is 0.879. The van der Waals surface area contributed by atoms with Crippen molar-refractivity contribution in [2.45, 2.75) is 37.6 Å². The summed E-state index contributed by atoms with van der Waals surface area (Å²) in [6.07, 6.45) is 8.91. The molecule has 1 aliphatic carbocycles. The fourth-order valence-electron chi connectivity index (χ4n) is 3.48. The van der Waals surface area contributed by atoms with Crippen molar-refractivity contribution in [2.75, 3.05) is 0 Å². The maximum atomic E-state index is 14.4. The van der Waals surface area contributed by atoms with Gasteiger partial charge in [0, 0.05) is 17.8 Å². The second kappa shape index (κ2) is 5.47. The minimum atomic E-state index is -0.826. The van der Waals surface area contributed by atoms with Crippen molar-refractivity contribution in [2.24, 2.45) is 16.6 Å². The van der Waals surface area contributed by atoms with E-state index in [0.29, 0.717) is 5.56 Å². The topological polar surface area (TPSA) is 50.4 Å². The first-order valence-corrected chi connectivity index (χ1v) is 7.37. The number of benzene rings is 1. The molecule has 3 nitrogen and oxygen atoms in total. The number of aliphatic imine (C=N–C) groups is 1. The van der Waals surface area contributed by atoms with Gasteiger partial charge in [0.2, 0.25) is 0 Å². The number of halogens is 2. The zero-order valence-corrected chi connectivity index (χ0v) is 11.8. The predicted molar refractivity (Wildman–Crippen MR) is 78.5 cm³/mol. The minimum Gasteiger partial charge on any atom is -0.370 e. The summed E-state index contributed by atoms with van der Waals surface area (Å²) >= 11 is 0. The van der Waals surface area contributed by atoms with Crippen molar-refractivity contribution in [1.82, 2.24) is 5.32 Å². The zero-order chi connectivity index (χ0) is 14.9. The Morgan fingerprint density at radius 1 is 1.19 bits per heavy atom. The van der Waals surface area contributed by atoms with Gasteiger partial charge in [-0.15, -0.1) is 0 Å². The number of nitrogens with two attached hydrogens (primary N) is 1. The standard InChI is InChI=1S/C16H19F2N3/c17-12-6-7-13(14(18)10-12)16(8-9-20-15(19)21-16)11-4-2-1-3-5-11/h6-11H,1-5H2,(H3,19,20,21). The summed E-state index contributed by atoms with van der Waals surface area (Å²) in [5.74, 6) is -0.691. The van der Waals surface area contributed by atoms with Crippen LogP contribution >= 0.6 is 0 Å². The van der Waals surface area contributed by atoms with Crippen molar-refractivity contribution >= 4 is 5.96 Å². The lowest BCUT2D eigenvalue weighted by Gasteiger charge is -2.39. The van der Waals surface area contributed by atoms with E-state index in [1.165, 1.54) is 18.6 Å². The third-order valence-corrected chi connectivity index (χ3v) is 4.46. The van der Waals surface area contributed by atoms with Crippen LogP contribution in [-0.4, -0.2) is 5.96 Å². The van der Waals surface area contributed by atoms with Crippen LogP contribution in [0.2, 0.25) is 0 Å². The number of guanidine groups is 1. The molecule has 1 unspecified atom stereocenters. The third-order valence-electron chi connectivity index (χ3n) is 4.46. The van der Waals surface area contributed by atoms with Gasteiger partial charge in [0.05, 0.1) is 0 Å². The van der Waals surface area contributed by atoms with Crippen molar-refractivity contribution in [3.05, 3.63) is 47.7 Å². The van der Waals surface area contributed by atoms with Crippen LogP contribution in [0.3, 0.4) is 0 Å². The smallest absolute Gasteiger partial charge is 0.193 e. The largest absolute Gasteiger partial charge is 0.370 e. The van der Waals surface area contributed by atoms with Crippen molar-refractivity contribution in [3.63, 3.8) is 0 Å². The Morgan fingerprint density at radius 3 is 2.62 bits per heavy atom. The van der Waals surface area contributed by atoms with E-state index in [1.807, 2.05) is 6.08 Å². The molecule has 1 fully saturated rings. The first kappa shape index (κ1) is 14.0. The number of hydrogen-bond acceptors (Lipinski definition) is 3. The molecule has 1 aromatic rings. The summed E-state index contributed by atoms with van der Waals surface area (Å²) < 4.78 is 27.6. The third kappa shape index (κ3) is 2.52. The van der Waals surface area contributed by atoms with Crippen molar-refractivity contribution < 1.29 is 8.78 Å². The fourth-order valence-corrected chi connectivity index (χ4v) is 3.48. The van der Waals surface area contributed by atoms with Gasteiger partial charge in [-0.3, -0.25) is 0 Å². The van der Waals surface area contributed by atoms with E-state index in [9.17, 15) is 8.78 Å². The maximum absolute atomic E-state index is 14.4. The Morgan fingerprint density at radius 2 is 1.95 bits per heavy atom. The Bertz CT molecular complexity index is 591. The molecule has 3 rings (SSSR count). The molecule has 0 saturated heterocycles. The SMILES string of the molecule is NC1=NC(c2ccc(F)cc2F)(C2CCCCC2)C=CN1. The molecule has 1 atom stereocenters. The van der Waals surface area contributed by atoms with Crippen LogP contribution in [0.1, 0.15) is 37.7 Å². The number of nitrogens with zero attached hydrogens (tertiary/aromatic N) is 1. The van der Waals surface area contributed by atoms with Crippen LogP contribution in [0.5, 0.6) is 0 Å². The van der Waals surface area contributed by atoms with E-state index in [1.54, 1.807) is 6.20 Å². The molecule has 0 radical (unpaired) electrons.